The van der Waals surface area contributed by atoms with Gasteiger partial charge in [0.15, 0.2) is 0 Å². The highest BCUT2D eigenvalue weighted by molar-refractivity contribution is 7.08. The van der Waals surface area contributed by atoms with Gasteiger partial charge in [0.1, 0.15) is 6.04 Å². The number of amides is 1. The number of hydrogen-bond donors (Lipinski definition) is 2. The smallest absolute Gasteiger partial charge is 0.269 e. The van der Waals surface area contributed by atoms with E-state index >= 15 is 0 Å². The average molecular weight is 344 g/mol. The number of non-ortho nitro benzene ring substituents is 1. The molecule has 1 heterocycles. The summed E-state index contributed by atoms with van der Waals surface area (Å²) in [7, 11) is 0. The predicted molar refractivity (Wildman–Crippen MR) is 91.6 cm³/mol. The first kappa shape index (κ1) is 17.4. The molecular formula is C16H16N4O3S. The Hall–Kier alpha value is -2.92. The van der Waals surface area contributed by atoms with Gasteiger partial charge in [-0.05, 0) is 40.9 Å². The molecule has 1 aromatic carbocycles. The van der Waals surface area contributed by atoms with Gasteiger partial charge in [0.05, 0.1) is 11.0 Å². The number of anilines is 1. The van der Waals surface area contributed by atoms with Crippen molar-refractivity contribution in [1.82, 2.24) is 5.32 Å². The van der Waals surface area contributed by atoms with E-state index in [1.807, 2.05) is 16.8 Å². The number of nitriles is 1. The Kier molecular flexibility index (Phi) is 6.28. The molecule has 0 aliphatic heterocycles. The van der Waals surface area contributed by atoms with E-state index in [-0.39, 0.29) is 11.6 Å². The first-order valence-corrected chi connectivity index (χ1v) is 8.24. The minimum absolute atomic E-state index is 0.0379. The van der Waals surface area contributed by atoms with Crippen LogP contribution >= 0.6 is 11.3 Å². The highest BCUT2D eigenvalue weighted by Gasteiger charge is 2.13. The molecule has 1 atom stereocenters. The molecule has 1 aromatic heterocycles. The normalized spacial score (nSPS) is 11.3. The summed E-state index contributed by atoms with van der Waals surface area (Å²) in [6.45, 7) is 0.556. The van der Waals surface area contributed by atoms with Crippen molar-refractivity contribution >= 4 is 28.6 Å². The largest absolute Gasteiger partial charge is 0.385 e. The van der Waals surface area contributed by atoms with Gasteiger partial charge in [0, 0.05) is 30.8 Å². The maximum Gasteiger partial charge on any atom is 0.269 e. The quantitative estimate of drug-likeness (QED) is 0.434. The van der Waals surface area contributed by atoms with Crippen molar-refractivity contribution in [1.29, 1.82) is 5.26 Å². The Morgan fingerprint density at radius 1 is 1.33 bits per heavy atom. The number of carbonyl (C=O) groups is 1. The highest BCUT2D eigenvalue weighted by Crippen LogP contribution is 2.16. The number of nitro groups is 1. The van der Waals surface area contributed by atoms with Crippen molar-refractivity contribution in [3.63, 3.8) is 0 Å². The van der Waals surface area contributed by atoms with E-state index < -0.39 is 11.0 Å². The lowest BCUT2D eigenvalue weighted by Crippen LogP contribution is -2.27. The molecule has 0 aliphatic carbocycles. The second-order valence-corrected chi connectivity index (χ2v) is 5.80. The SMILES string of the molecule is N#C[C@@H](NC(=O)CCCNc1ccc([N+](=O)[O-])cc1)c1ccsc1. The second kappa shape index (κ2) is 8.64. The van der Waals surface area contributed by atoms with Gasteiger partial charge in [0.2, 0.25) is 5.91 Å². The molecule has 0 spiro atoms. The zero-order valence-electron chi connectivity index (χ0n) is 12.8. The third-order valence-corrected chi connectivity index (χ3v) is 4.00. The van der Waals surface area contributed by atoms with Crippen molar-refractivity contribution in [2.75, 3.05) is 11.9 Å². The summed E-state index contributed by atoms with van der Waals surface area (Å²) in [5.74, 6) is -0.182. The molecule has 0 radical (unpaired) electrons. The molecule has 0 unspecified atom stereocenters. The van der Waals surface area contributed by atoms with Crippen LogP contribution in [0.2, 0.25) is 0 Å². The van der Waals surface area contributed by atoms with Crippen molar-refractivity contribution in [2.45, 2.75) is 18.9 Å². The summed E-state index contributed by atoms with van der Waals surface area (Å²) in [5, 5.41) is 29.2. The standard InChI is InChI=1S/C16H16N4O3S/c17-10-15(12-7-9-24-11-12)19-16(21)2-1-8-18-13-3-5-14(6-4-13)20(22)23/h3-7,9,11,15,18H,1-2,8H2,(H,19,21)/t15-/m1/s1. The van der Waals surface area contributed by atoms with E-state index in [0.29, 0.717) is 19.4 Å². The maximum absolute atomic E-state index is 11.9. The predicted octanol–water partition coefficient (Wildman–Crippen LogP) is 3.23. The van der Waals surface area contributed by atoms with Gasteiger partial charge in [-0.1, -0.05) is 0 Å². The minimum Gasteiger partial charge on any atom is -0.385 e. The Morgan fingerprint density at radius 3 is 2.67 bits per heavy atom. The number of carbonyl (C=O) groups excluding carboxylic acids is 1. The number of nitro benzene ring substituents is 1. The molecule has 124 valence electrons. The van der Waals surface area contributed by atoms with Gasteiger partial charge in [-0.25, -0.2) is 0 Å². The van der Waals surface area contributed by atoms with E-state index in [1.165, 1.54) is 23.5 Å². The zero-order chi connectivity index (χ0) is 17.4. The molecule has 2 N–H and O–H groups in total. The van der Waals surface area contributed by atoms with Crippen molar-refractivity contribution < 1.29 is 9.72 Å². The van der Waals surface area contributed by atoms with Crippen LogP contribution in [0.3, 0.4) is 0 Å². The molecule has 0 bridgehead atoms. The van der Waals surface area contributed by atoms with Crippen LogP contribution in [0.15, 0.2) is 41.1 Å². The zero-order valence-corrected chi connectivity index (χ0v) is 13.6. The summed E-state index contributed by atoms with van der Waals surface area (Å²) in [4.78, 5) is 22.0. The van der Waals surface area contributed by atoms with Crippen LogP contribution in [-0.4, -0.2) is 17.4 Å². The van der Waals surface area contributed by atoms with Gasteiger partial charge in [-0.3, -0.25) is 14.9 Å². The summed E-state index contributed by atoms with van der Waals surface area (Å²) >= 11 is 1.48. The lowest BCUT2D eigenvalue weighted by atomic mass is 10.1. The number of benzene rings is 1. The molecule has 0 aliphatic rings. The Balaban J connectivity index is 1.71. The number of thiophene rings is 1. The topological polar surface area (TPSA) is 108 Å². The number of hydrogen-bond acceptors (Lipinski definition) is 6. The first-order chi connectivity index (χ1) is 11.6. The molecule has 24 heavy (non-hydrogen) atoms. The highest BCUT2D eigenvalue weighted by atomic mass is 32.1. The molecule has 0 fully saturated rings. The average Bonchev–Trinajstić information content (AvgIpc) is 3.11. The van der Waals surface area contributed by atoms with Crippen LogP contribution in [0, 0.1) is 21.4 Å². The first-order valence-electron chi connectivity index (χ1n) is 7.29. The van der Waals surface area contributed by atoms with Crippen molar-refractivity contribution in [3.05, 3.63) is 56.8 Å². The molecule has 7 nitrogen and oxygen atoms in total. The second-order valence-electron chi connectivity index (χ2n) is 5.02. The van der Waals surface area contributed by atoms with Gasteiger partial charge >= 0.3 is 0 Å². The molecule has 8 heteroatoms. The van der Waals surface area contributed by atoms with Crippen molar-refractivity contribution in [3.8, 4) is 6.07 Å². The lowest BCUT2D eigenvalue weighted by molar-refractivity contribution is -0.384. The summed E-state index contributed by atoms with van der Waals surface area (Å²) in [6.07, 6.45) is 0.882. The monoisotopic (exact) mass is 344 g/mol. The fraction of sp³-hybridized carbons (Fsp3) is 0.250. The van der Waals surface area contributed by atoms with Crippen LogP contribution in [0.5, 0.6) is 0 Å². The van der Waals surface area contributed by atoms with Crippen LogP contribution in [0.4, 0.5) is 11.4 Å². The maximum atomic E-state index is 11.9. The van der Waals surface area contributed by atoms with E-state index in [9.17, 15) is 14.9 Å². The Labute approximate surface area is 143 Å². The molecule has 2 rings (SSSR count). The van der Waals surface area contributed by atoms with E-state index in [1.54, 1.807) is 12.1 Å². The van der Waals surface area contributed by atoms with E-state index in [2.05, 4.69) is 16.7 Å². The summed E-state index contributed by atoms with van der Waals surface area (Å²) < 4.78 is 0. The molecular weight excluding hydrogens is 328 g/mol. The Morgan fingerprint density at radius 2 is 2.08 bits per heavy atom. The fourth-order valence-corrected chi connectivity index (χ4v) is 2.73. The number of nitrogens with zero attached hydrogens (tertiary/aromatic N) is 2. The van der Waals surface area contributed by atoms with Crippen LogP contribution in [0.1, 0.15) is 24.4 Å². The molecule has 0 saturated carbocycles. The third-order valence-electron chi connectivity index (χ3n) is 3.30. The molecule has 1 amide bonds. The molecule has 2 aromatic rings. The van der Waals surface area contributed by atoms with Gasteiger partial charge in [-0.2, -0.15) is 16.6 Å². The van der Waals surface area contributed by atoms with Crippen LogP contribution in [-0.2, 0) is 4.79 Å². The van der Waals surface area contributed by atoms with E-state index in [0.717, 1.165) is 11.3 Å². The lowest BCUT2D eigenvalue weighted by Gasteiger charge is -2.10. The van der Waals surface area contributed by atoms with Gasteiger partial charge < -0.3 is 10.6 Å². The van der Waals surface area contributed by atoms with Crippen molar-refractivity contribution in [2.24, 2.45) is 0 Å². The summed E-state index contributed by atoms with van der Waals surface area (Å²) in [6, 6.07) is 9.36. The van der Waals surface area contributed by atoms with Crippen LogP contribution in [0.25, 0.3) is 0 Å². The van der Waals surface area contributed by atoms with Gasteiger partial charge in [0.25, 0.3) is 5.69 Å². The van der Waals surface area contributed by atoms with Gasteiger partial charge in [-0.15, -0.1) is 0 Å². The van der Waals surface area contributed by atoms with E-state index in [4.69, 9.17) is 5.26 Å². The Bertz CT molecular complexity index is 723. The summed E-state index contributed by atoms with van der Waals surface area (Å²) in [5.41, 5.74) is 1.59. The third kappa shape index (κ3) is 5.07. The molecule has 0 saturated heterocycles. The fourth-order valence-electron chi connectivity index (χ4n) is 2.05. The minimum atomic E-state index is -0.619. The number of rotatable bonds is 8. The number of nitrogens with one attached hydrogen (secondary N) is 2. The van der Waals surface area contributed by atoms with Crippen LogP contribution < -0.4 is 10.6 Å².